The van der Waals surface area contributed by atoms with Gasteiger partial charge in [-0.05, 0) is 31.0 Å². The zero-order valence-electron chi connectivity index (χ0n) is 12.6. The summed E-state index contributed by atoms with van der Waals surface area (Å²) < 4.78 is 27.6. The maximum absolute atomic E-state index is 13.8. The second kappa shape index (κ2) is 6.06. The fourth-order valence-electron chi connectivity index (χ4n) is 2.96. The molecule has 1 aromatic heterocycles. The Morgan fingerprint density at radius 2 is 2.17 bits per heavy atom. The van der Waals surface area contributed by atoms with E-state index in [-0.39, 0.29) is 18.9 Å². The highest BCUT2D eigenvalue weighted by Gasteiger charge is 2.41. The first-order valence-corrected chi connectivity index (χ1v) is 7.63. The van der Waals surface area contributed by atoms with Crippen molar-refractivity contribution in [3.63, 3.8) is 0 Å². The Labute approximate surface area is 132 Å². The monoisotopic (exact) mass is 320 g/mol. The molecule has 1 aromatic carbocycles. The van der Waals surface area contributed by atoms with Crippen molar-refractivity contribution in [2.75, 3.05) is 12.3 Å². The molecule has 0 aliphatic heterocycles. The van der Waals surface area contributed by atoms with E-state index >= 15 is 0 Å². The minimum absolute atomic E-state index is 0.0181. The van der Waals surface area contributed by atoms with Gasteiger partial charge < -0.3 is 11.1 Å². The van der Waals surface area contributed by atoms with Crippen LogP contribution in [0.1, 0.15) is 36.0 Å². The Kier molecular flexibility index (Phi) is 4.11. The van der Waals surface area contributed by atoms with Crippen molar-refractivity contribution in [1.82, 2.24) is 15.3 Å². The Bertz CT molecular complexity index is 735. The molecule has 1 aliphatic carbocycles. The summed E-state index contributed by atoms with van der Waals surface area (Å²) in [6.07, 6.45) is 2.99. The standard InChI is InChI=1S/C16H18F2N4O/c17-16(18)6-2-1-3-11(16)8-20-15(23)10-4-5-12-13(7-10)21-9-22-14(12)19/h4-5,7,9,11H,1-3,6,8H2,(H,20,23)(H2,19,21,22). The number of carbonyl (C=O) groups is 1. The molecule has 3 N–H and O–H groups in total. The molecule has 0 spiro atoms. The van der Waals surface area contributed by atoms with Gasteiger partial charge in [0.25, 0.3) is 11.8 Å². The smallest absolute Gasteiger partial charge is 0.252 e. The lowest BCUT2D eigenvalue weighted by Gasteiger charge is -2.31. The van der Waals surface area contributed by atoms with Gasteiger partial charge in [-0.2, -0.15) is 0 Å². The maximum atomic E-state index is 13.8. The van der Waals surface area contributed by atoms with Crippen LogP contribution < -0.4 is 11.1 Å². The normalized spacial score (nSPS) is 20.3. The summed E-state index contributed by atoms with van der Waals surface area (Å²) in [6, 6.07) is 4.84. The lowest BCUT2D eigenvalue weighted by molar-refractivity contribution is -0.0835. The summed E-state index contributed by atoms with van der Waals surface area (Å²) in [4.78, 5) is 20.1. The third kappa shape index (κ3) is 3.23. The molecular weight excluding hydrogens is 302 g/mol. The number of alkyl halides is 2. The van der Waals surface area contributed by atoms with Gasteiger partial charge in [0.05, 0.1) is 5.52 Å². The van der Waals surface area contributed by atoms with E-state index in [1.165, 1.54) is 6.33 Å². The summed E-state index contributed by atoms with van der Waals surface area (Å²) in [6.45, 7) is -0.0181. The predicted octanol–water partition coefficient (Wildman–Crippen LogP) is 2.77. The molecule has 7 heteroatoms. The second-order valence-corrected chi connectivity index (χ2v) is 5.90. The van der Waals surface area contributed by atoms with Gasteiger partial charge in [-0.3, -0.25) is 4.79 Å². The van der Waals surface area contributed by atoms with Crippen molar-refractivity contribution < 1.29 is 13.6 Å². The van der Waals surface area contributed by atoms with E-state index in [0.29, 0.717) is 35.1 Å². The highest BCUT2D eigenvalue weighted by molar-refractivity contribution is 5.99. The van der Waals surface area contributed by atoms with Crippen molar-refractivity contribution in [3.05, 3.63) is 30.1 Å². The minimum atomic E-state index is -2.70. The Hall–Kier alpha value is -2.31. The van der Waals surface area contributed by atoms with E-state index in [9.17, 15) is 13.6 Å². The van der Waals surface area contributed by atoms with Crippen LogP contribution in [-0.2, 0) is 0 Å². The molecular formula is C16H18F2N4O. The third-order valence-corrected chi connectivity index (χ3v) is 4.35. The van der Waals surface area contributed by atoms with Crippen LogP contribution in [-0.4, -0.2) is 28.3 Å². The highest BCUT2D eigenvalue weighted by Crippen LogP contribution is 2.37. The fourth-order valence-corrected chi connectivity index (χ4v) is 2.96. The topological polar surface area (TPSA) is 80.9 Å². The Balaban J connectivity index is 1.71. The van der Waals surface area contributed by atoms with Crippen LogP contribution in [0.5, 0.6) is 0 Å². The molecule has 1 fully saturated rings. The van der Waals surface area contributed by atoms with E-state index in [1.54, 1.807) is 18.2 Å². The molecule has 23 heavy (non-hydrogen) atoms. The summed E-state index contributed by atoms with van der Waals surface area (Å²) in [5.74, 6) is -3.54. The number of nitrogens with one attached hydrogen (secondary N) is 1. The number of nitrogens with two attached hydrogens (primary N) is 1. The number of carbonyl (C=O) groups excluding carboxylic acids is 1. The van der Waals surface area contributed by atoms with Crippen LogP contribution in [0, 0.1) is 5.92 Å². The summed E-state index contributed by atoms with van der Waals surface area (Å²) >= 11 is 0. The van der Waals surface area contributed by atoms with Crippen molar-refractivity contribution >= 4 is 22.6 Å². The molecule has 1 aliphatic rings. The fraction of sp³-hybridized carbons (Fsp3) is 0.438. The number of aromatic nitrogens is 2. The third-order valence-electron chi connectivity index (χ3n) is 4.35. The van der Waals surface area contributed by atoms with E-state index in [0.717, 1.165) is 6.42 Å². The molecule has 0 saturated heterocycles. The number of nitrogens with zero attached hydrogens (tertiary/aromatic N) is 2. The number of benzene rings is 1. The summed E-state index contributed by atoms with van der Waals surface area (Å²) in [5.41, 5.74) is 6.65. The molecule has 1 atom stereocenters. The van der Waals surface area contributed by atoms with Crippen LogP contribution in [0.15, 0.2) is 24.5 Å². The molecule has 3 rings (SSSR count). The maximum Gasteiger partial charge on any atom is 0.252 e. The van der Waals surface area contributed by atoms with E-state index in [2.05, 4.69) is 15.3 Å². The zero-order valence-corrected chi connectivity index (χ0v) is 12.6. The van der Waals surface area contributed by atoms with Gasteiger partial charge >= 0.3 is 0 Å². The molecule has 0 radical (unpaired) electrons. The van der Waals surface area contributed by atoms with E-state index in [4.69, 9.17) is 5.73 Å². The van der Waals surface area contributed by atoms with E-state index < -0.39 is 11.8 Å². The van der Waals surface area contributed by atoms with E-state index in [1.807, 2.05) is 0 Å². The SMILES string of the molecule is Nc1ncnc2cc(C(=O)NCC3CCCCC3(F)F)ccc12. The van der Waals surface area contributed by atoms with Gasteiger partial charge in [0.15, 0.2) is 0 Å². The van der Waals surface area contributed by atoms with Crippen molar-refractivity contribution in [1.29, 1.82) is 0 Å². The molecule has 1 heterocycles. The van der Waals surface area contributed by atoms with Crippen LogP contribution in [0.4, 0.5) is 14.6 Å². The molecule has 122 valence electrons. The van der Waals surface area contributed by atoms with Crippen molar-refractivity contribution in [2.24, 2.45) is 5.92 Å². The number of hydrogen-bond donors (Lipinski definition) is 2. The minimum Gasteiger partial charge on any atom is -0.383 e. The first-order chi connectivity index (χ1) is 11.0. The lowest BCUT2D eigenvalue weighted by atomic mass is 9.85. The largest absolute Gasteiger partial charge is 0.383 e. The van der Waals surface area contributed by atoms with Gasteiger partial charge in [-0.1, -0.05) is 6.42 Å². The lowest BCUT2D eigenvalue weighted by Crippen LogP contribution is -2.40. The van der Waals surface area contributed by atoms with Gasteiger partial charge in [-0.15, -0.1) is 0 Å². The molecule has 2 aromatic rings. The van der Waals surface area contributed by atoms with Gasteiger partial charge in [0.2, 0.25) is 0 Å². The summed E-state index contributed by atoms with van der Waals surface area (Å²) in [5, 5.41) is 3.27. The number of hydrogen-bond acceptors (Lipinski definition) is 4. The number of rotatable bonds is 3. The Morgan fingerprint density at radius 1 is 1.35 bits per heavy atom. The number of fused-ring (bicyclic) bond motifs is 1. The predicted molar refractivity (Wildman–Crippen MR) is 83.2 cm³/mol. The van der Waals surface area contributed by atoms with Crippen LogP contribution >= 0.6 is 0 Å². The number of halogens is 2. The average Bonchev–Trinajstić information content (AvgIpc) is 2.53. The molecule has 5 nitrogen and oxygen atoms in total. The first kappa shape index (κ1) is 15.6. The summed E-state index contributed by atoms with van der Waals surface area (Å²) in [7, 11) is 0. The number of anilines is 1. The second-order valence-electron chi connectivity index (χ2n) is 5.90. The van der Waals surface area contributed by atoms with Crippen LogP contribution in [0.3, 0.4) is 0 Å². The van der Waals surface area contributed by atoms with Gasteiger partial charge in [-0.25, -0.2) is 18.7 Å². The highest BCUT2D eigenvalue weighted by atomic mass is 19.3. The Morgan fingerprint density at radius 3 is 2.96 bits per heavy atom. The quantitative estimate of drug-likeness (QED) is 0.911. The van der Waals surface area contributed by atoms with Gasteiger partial charge in [0.1, 0.15) is 12.1 Å². The number of nitrogen functional groups attached to an aromatic ring is 1. The van der Waals surface area contributed by atoms with Crippen molar-refractivity contribution in [3.8, 4) is 0 Å². The number of amides is 1. The average molecular weight is 320 g/mol. The zero-order chi connectivity index (χ0) is 16.4. The van der Waals surface area contributed by atoms with Crippen LogP contribution in [0.25, 0.3) is 10.9 Å². The molecule has 1 saturated carbocycles. The van der Waals surface area contributed by atoms with Gasteiger partial charge in [0, 0.05) is 29.8 Å². The van der Waals surface area contributed by atoms with Crippen LogP contribution in [0.2, 0.25) is 0 Å². The first-order valence-electron chi connectivity index (χ1n) is 7.63. The molecule has 0 bridgehead atoms. The van der Waals surface area contributed by atoms with Crippen molar-refractivity contribution in [2.45, 2.75) is 31.6 Å². The molecule has 1 unspecified atom stereocenters. The molecule has 1 amide bonds.